The van der Waals surface area contributed by atoms with Crippen LogP contribution < -0.4 is 4.40 Å². The summed E-state index contributed by atoms with van der Waals surface area (Å²) in [5, 5.41) is 0. The van der Waals surface area contributed by atoms with Crippen molar-refractivity contribution in [3.05, 3.63) is 52.5 Å². The van der Waals surface area contributed by atoms with Crippen molar-refractivity contribution in [3.63, 3.8) is 0 Å². The molecule has 0 aliphatic carbocycles. The molecule has 0 unspecified atom stereocenters. The highest BCUT2D eigenvalue weighted by Gasteiger charge is 2.14. The van der Waals surface area contributed by atoms with E-state index >= 15 is 0 Å². The summed E-state index contributed by atoms with van der Waals surface area (Å²) in [4.78, 5) is 4.37. The summed E-state index contributed by atoms with van der Waals surface area (Å²) in [5.41, 5.74) is 2.37. The third kappa shape index (κ3) is 1.82. The lowest BCUT2D eigenvalue weighted by molar-refractivity contribution is -0.513. The van der Waals surface area contributed by atoms with Crippen LogP contribution in [0.5, 0.6) is 0 Å². The van der Waals surface area contributed by atoms with Crippen molar-refractivity contribution in [1.29, 1.82) is 0 Å². The predicted octanol–water partition coefficient (Wildman–Crippen LogP) is 2.43. The molecular formula is C13H11IN3+. The summed E-state index contributed by atoms with van der Waals surface area (Å²) >= 11 is 2.31. The van der Waals surface area contributed by atoms with Gasteiger partial charge in [0.1, 0.15) is 18.1 Å². The highest BCUT2D eigenvalue weighted by atomic mass is 127. The molecule has 0 aliphatic rings. The van der Waals surface area contributed by atoms with Gasteiger partial charge in [0.25, 0.3) is 0 Å². The Balaban J connectivity index is 2.24. The summed E-state index contributed by atoms with van der Waals surface area (Å²) in [7, 11) is 2.04. The highest BCUT2D eigenvalue weighted by Crippen LogP contribution is 2.19. The molecule has 2 aromatic heterocycles. The Kier molecular flexibility index (Phi) is 2.58. The SMILES string of the molecule is Cn1c(-c2ccc(I)cc2)c[n+]2cccnc12. The number of benzene rings is 1. The molecule has 0 saturated heterocycles. The molecule has 0 amide bonds. The molecule has 0 fully saturated rings. The molecule has 3 nitrogen and oxygen atoms in total. The van der Waals surface area contributed by atoms with E-state index in [1.807, 2.05) is 29.9 Å². The van der Waals surface area contributed by atoms with Crippen LogP contribution in [0.3, 0.4) is 0 Å². The monoisotopic (exact) mass is 336 g/mol. The lowest BCUT2D eigenvalue weighted by Gasteiger charge is -1.97. The van der Waals surface area contributed by atoms with Crippen LogP contribution in [0.25, 0.3) is 17.0 Å². The number of imidazole rings is 1. The quantitative estimate of drug-likeness (QED) is 0.494. The second-order valence-electron chi connectivity index (χ2n) is 3.91. The Morgan fingerprint density at radius 1 is 1.24 bits per heavy atom. The summed E-state index contributed by atoms with van der Waals surface area (Å²) in [5.74, 6) is 0.945. The van der Waals surface area contributed by atoms with Crippen molar-refractivity contribution in [2.45, 2.75) is 0 Å². The highest BCUT2D eigenvalue weighted by molar-refractivity contribution is 14.1. The van der Waals surface area contributed by atoms with E-state index in [-0.39, 0.29) is 0 Å². The molecule has 2 heterocycles. The number of halogens is 1. The maximum atomic E-state index is 4.37. The van der Waals surface area contributed by atoms with E-state index in [1.54, 1.807) is 0 Å². The van der Waals surface area contributed by atoms with E-state index in [0.717, 1.165) is 5.78 Å². The molecule has 0 bridgehead atoms. The normalized spacial score (nSPS) is 10.9. The molecule has 0 N–H and O–H groups in total. The zero-order valence-electron chi connectivity index (χ0n) is 9.34. The van der Waals surface area contributed by atoms with Crippen LogP contribution in [0.4, 0.5) is 0 Å². The second-order valence-corrected chi connectivity index (χ2v) is 5.15. The molecule has 0 saturated carbocycles. The maximum Gasteiger partial charge on any atom is 0.403 e. The van der Waals surface area contributed by atoms with Gasteiger partial charge in [0.15, 0.2) is 0 Å². The summed E-state index contributed by atoms with van der Waals surface area (Å²) < 4.78 is 5.38. The fourth-order valence-corrected chi connectivity index (χ4v) is 2.31. The van der Waals surface area contributed by atoms with Crippen molar-refractivity contribution in [3.8, 4) is 11.3 Å². The van der Waals surface area contributed by atoms with Gasteiger partial charge in [0.05, 0.1) is 13.2 Å². The molecule has 0 atom stereocenters. The van der Waals surface area contributed by atoms with E-state index in [0.29, 0.717) is 0 Å². The fourth-order valence-electron chi connectivity index (χ4n) is 1.95. The zero-order chi connectivity index (χ0) is 11.8. The third-order valence-electron chi connectivity index (χ3n) is 2.82. The Morgan fingerprint density at radius 2 is 2.00 bits per heavy atom. The summed E-state index contributed by atoms with van der Waals surface area (Å²) in [6.45, 7) is 0. The fraction of sp³-hybridized carbons (Fsp3) is 0.0769. The van der Waals surface area contributed by atoms with E-state index in [2.05, 4.69) is 62.6 Å². The van der Waals surface area contributed by atoms with Gasteiger partial charge in [-0.2, -0.15) is 0 Å². The minimum absolute atomic E-state index is 0.945. The van der Waals surface area contributed by atoms with Gasteiger partial charge >= 0.3 is 5.78 Å². The number of nitrogens with zero attached hydrogens (tertiary/aromatic N) is 3. The van der Waals surface area contributed by atoms with Crippen molar-refractivity contribution in [2.24, 2.45) is 7.05 Å². The van der Waals surface area contributed by atoms with Gasteiger partial charge in [-0.3, -0.25) is 0 Å². The average molecular weight is 336 g/mol. The van der Waals surface area contributed by atoms with Gasteiger partial charge in [0, 0.05) is 15.2 Å². The first-order chi connectivity index (χ1) is 8.25. The topological polar surface area (TPSA) is 21.9 Å². The lowest BCUT2D eigenvalue weighted by atomic mass is 10.2. The minimum atomic E-state index is 0.945. The molecule has 17 heavy (non-hydrogen) atoms. The molecule has 0 radical (unpaired) electrons. The van der Waals surface area contributed by atoms with Crippen LogP contribution in [0.2, 0.25) is 0 Å². The number of aryl methyl sites for hydroxylation is 1. The molecule has 0 aliphatic heterocycles. The molecule has 3 rings (SSSR count). The molecule has 4 heteroatoms. The average Bonchev–Trinajstić information content (AvgIpc) is 2.69. The summed E-state index contributed by atoms with van der Waals surface area (Å²) in [6, 6.07) is 10.4. The van der Waals surface area contributed by atoms with E-state index in [1.165, 1.54) is 14.8 Å². The van der Waals surface area contributed by atoms with Crippen molar-refractivity contribution >= 4 is 28.4 Å². The van der Waals surface area contributed by atoms with Crippen LogP contribution in [-0.4, -0.2) is 9.55 Å². The van der Waals surface area contributed by atoms with Crippen molar-refractivity contribution < 1.29 is 4.40 Å². The van der Waals surface area contributed by atoms with E-state index in [4.69, 9.17) is 0 Å². The van der Waals surface area contributed by atoms with Gasteiger partial charge in [-0.1, -0.05) is 17.1 Å². The number of hydrogen-bond donors (Lipinski definition) is 0. The first-order valence-electron chi connectivity index (χ1n) is 5.33. The maximum absolute atomic E-state index is 4.37. The largest absolute Gasteiger partial charge is 0.403 e. The molecule has 84 valence electrons. The van der Waals surface area contributed by atoms with Crippen molar-refractivity contribution in [1.82, 2.24) is 9.55 Å². The van der Waals surface area contributed by atoms with Crippen LogP contribution in [0, 0.1) is 3.57 Å². The Labute approximate surface area is 113 Å². The first kappa shape index (κ1) is 10.7. The van der Waals surface area contributed by atoms with Gasteiger partial charge in [-0.15, -0.1) is 0 Å². The minimum Gasteiger partial charge on any atom is -0.227 e. The Morgan fingerprint density at radius 3 is 2.71 bits per heavy atom. The molecule has 3 aromatic rings. The van der Waals surface area contributed by atoms with E-state index in [9.17, 15) is 0 Å². The standard InChI is InChI=1S/C13H11IN3/c1-16-12(10-3-5-11(14)6-4-10)9-17-8-2-7-15-13(16)17/h2-9H,1H3/q+1. The van der Waals surface area contributed by atoms with Crippen LogP contribution in [0.1, 0.15) is 0 Å². The predicted molar refractivity (Wildman–Crippen MR) is 74.5 cm³/mol. The number of hydrogen-bond acceptors (Lipinski definition) is 1. The zero-order valence-corrected chi connectivity index (χ0v) is 11.5. The van der Waals surface area contributed by atoms with Gasteiger partial charge < -0.3 is 0 Å². The molecular weight excluding hydrogens is 325 g/mol. The van der Waals surface area contributed by atoms with Gasteiger partial charge in [0.2, 0.25) is 0 Å². The Bertz CT molecular complexity index is 671. The van der Waals surface area contributed by atoms with Crippen molar-refractivity contribution in [2.75, 3.05) is 0 Å². The second kappa shape index (κ2) is 4.10. The van der Waals surface area contributed by atoms with Gasteiger partial charge in [-0.05, 0) is 34.7 Å². The Hall–Kier alpha value is -1.43. The smallest absolute Gasteiger partial charge is 0.227 e. The number of rotatable bonds is 1. The number of fused-ring (bicyclic) bond motifs is 1. The third-order valence-corrected chi connectivity index (χ3v) is 3.54. The number of aromatic nitrogens is 3. The molecule has 1 aromatic carbocycles. The van der Waals surface area contributed by atoms with E-state index < -0.39 is 0 Å². The first-order valence-corrected chi connectivity index (χ1v) is 6.41. The lowest BCUT2D eigenvalue weighted by Crippen LogP contribution is -2.19. The van der Waals surface area contributed by atoms with Gasteiger partial charge in [-0.25, -0.2) is 8.97 Å². The van der Waals surface area contributed by atoms with Crippen LogP contribution in [0.15, 0.2) is 48.9 Å². The molecule has 0 spiro atoms. The van der Waals surface area contributed by atoms with Crippen LogP contribution in [-0.2, 0) is 7.05 Å². The van der Waals surface area contributed by atoms with Crippen LogP contribution >= 0.6 is 22.6 Å². The summed E-state index contributed by atoms with van der Waals surface area (Å²) in [6.07, 6.45) is 5.93.